The molecule has 0 aromatic carbocycles. The van der Waals surface area contributed by atoms with Gasteiger partial charge in [0.2, 0.25) is 0 Å². The van der Waals surface area contributed by atoms with Crippen LogP contribution in [0.1, 0.15) is 13.3 Å². The van der Waals surface area contributed by atoms with Crippen LogP contribution in [0.25, 0.3) is 0 Å². The van der Waals surface area contributed by atoms with Gasteiger partial charge in [0, 0.05) is 0 Å². The predicted molar refractivity (Wildman–Crippen MR) is 39.6 cm³/mol. The third kappa shape index (κ3) is 2.70. The third-order valence-corrected chi connectivity index (χ3v) is 3.93. The van der Waals surface area contributed by atoms with Gasteiger partial charge in [-0.1, -0.05) is 20.0 Å². The van der Waals surface area contributed by atoms with Gasteiger partial charge in [0.25, 0.3) is 0 Å². The molecule has 0 saturated carbocycles. The summed E-state index contributed by atoms with van der Waals surface area (Å²) >= 11 is 5.87. The molecule has 0 aromatic rings. The van der Waals surface area contributed by atoms with Crippen LogP contribution in [0.4, 0.5) is 0 Å². The quantitative estimate of drug-likeness (QED) is 0.472. The largest absolute Gasteiger partial charge is 0.395 e. The molecule has 0 fully saturated rings. The van der Waals surface area contributed by atoms with E-state index in [1.807, 2.05) is 20.0 Å². The first-order valence-corrected chi connectivity index (χ1v) is 6.94. The minimum absolute atomic E-state index is 0.246. The second-order valence-electron chi connectivity index (χ2n) is 2.49. The molecule has 0 heterocycles. The molecule has 8 heavy (non-hydrogen) atoms. The van der Waals surface area contributed by atoms with E-state index in [0.717, 1.165) is 6.42 Å². The molecule has 0 rings (SSSR count). The van der Waals surface area contributed by atoms with Gasteiger partial charge in [0.15, 0.2) is 7.38 Å². The van der Waals surface area contributed by atoms with Crippen LogP contribution in [0.2, 0.25) is 13.1 Å². The van der Waals surface area contributed by atoms with Crippen LogP contribution in [0.5, 0.6) is 0 Å². The lowest BCUT2D eigenvalue weighted by Crippen LogP contribution is -2.34. The Kier molecular flexibility index (Phi) is 3.02. The van der Waals surface area contributed by atoms with E-state index in [-0.39, 0.29) is 5.73 Å². The third-order valence-electron chi connectivity index (χ3n) is 1.18. The van der Waals surface area contributed by atoms with Crippen LogP contribution in [-0.2, 0) is 0 Å². The molecule has 1 N–H and O–H groups in total. The van der Waals surface area contributed by atoms with Gasteiger partial charge >= 0.3 is 0 Å². The average Bonchev–Trinajstić information content (AvgIpc) is 1.62. The molecule has 1 atom stereocenters. The average molecular weight is 153 g/mol. The second kappa shape index (κ2) is 2.85. The van der Waals surface area contributed by atoms with E-state index in [9.17, 15) is 0 Å². The van der Waals surface area contributed by atoms with Crippen molar-refractivity contribution in [2.24, 2.45) is 0 Å². The summed E-state index contributed by atoms with van der Waals surface area (Å²) in [6, 6.07) is 0. The highest BCUT2D eigenvalue weighted by Crippen LogP contribution is 2.14. The molecule has 1 unspecified atom stereocenters. The number of rotatable bonds is 2. The van der Waals surface area contributed by atoms with Crippen molar-refractivity contribution < 1.29 is 5.11 Å². The summed E-state index contributed by atoms with van der Waals surface area (Å²) in [6.45, 7) is 5.84. The molecule has 0 radical (unpaired) electrons. The Morgan fingerprint density at radius 2 is 2.00 bits per heavy atom. The molecule has 0 aliphatic heterocycles. The molecule has 1 nitrogen and oxygen atoms in total. The first-order valence-electron chi connectivity index (χ1n) is 2.85. The maximum atomic E-state index is 9.12. The molecule has 0 amide bonds. The van der Waals surface area contributed by atoms with Gasteiger partial charge in [-0.15, -0.1) is 0 Å². The smallest absolute Gasteiger partial charge is 0.179 e. The Morgan fingerprint density at radius 1 is 1.62 bits per heavy atom. The highest BCUT2D eigenvalue weighted by molar-refractivity contribution is 7.19. The first kappa shape index (κ1) is 8.47. The van der Waals surface area contributed by atoms with Crippen LogP contribution >= 0.6 is 11.1 Å². The van der Waals surface area contributed by atoms with Gasteiger partial charge in [0.05, 0.1) is 5.73 Å². The summed E-state index contributed by atoms with van der Waals surface area (Å²) in [5, 5.41) is 9.12. The van der Waals surface area contributed by atoms with E-state index >= 15 is 0 Å². The predicted octanol–water partition coefficient (Wildman–Crippen LogP) is 1.74. The minimum atomic E-state index is -1.73. The monoisotopic (exact) mass is 152 g/mol. The standard InChI is InChI=1S/C5H13ClOSi/c1-4-5(7)8(2,3)6/h5,7H,4H2,1-3H3. The van der Waals surface area contributed by atoms with Gasteiger partial charge in [-0.25, -0.2) is 0 Å². The van der Waals surface area contributed by atoms with Crippen molar-refractivity contribution in [3.8, 4) is 0 Å². The molecule has 0 saturated heterocycles. The van der Waals surface area contributed by atoms with Gasteiger partial charge in [0.1, 0.15) is 0 Å². The van der Waals surface area contributed by atoms with Crippen LogP contribution in [0.3, 0.4) is 0 Å². The fourth-order valence-corrected chi connectivity index (χ4v) is 1.92. The molecule has 0 aromatic heterocycles. The van der Waals surface area contributed by atoms with Gasteiger partial charge in [-0.2, -0.15) is 11.1 Å². The summed E-state index contributed by atoms with van der Waals surface area (Å²) in [5.41, 5.74) is -0.246. The Bertz CT molecular complexity index is 69.3. The molecule has 3 heteroatoms. The number of aliphatic hydroxyl groups is 1. The van der Waals surface area contributed by atoms with Crippen molar-refractivity contribution >= 4 is 18.5 Å². The van der Waals surface area contributed by atoms with Gasteiger partial charge < -0.3 is 5.11 Å². The van der Waals surface area contributed by atoms with Crippen molar-refractivity contribution in [1.82, 2.24) is 0 Å². The molecule has 0 spiro atoms. The van der Waals surface area contributed by atoms with E-state index < -0.39 is 7.38 Å². The van der Waals surface area contributed by atoms with Crippen molar-refractivity contribution in [3.63, 3.8) is 0 Å². The molecule has 0 bridgehead atoms. The molecule has 0 aliphatic rings. The van der Waals surface area contributed by atoms with Crippen LogP contribution in [-0.4, -0.2) is 18.2 Å². The lowest BCUT2D eigenvalue weighted by Gasteiger charge is -2.18. The Hall–Kier alpha value is 0.467. The number of hydrogen-bond donors (Lipinski definition) is 1. The summed E-state index contributed by atoms with van der Waals surface area (Å²) in [4.78, 5) is 0. The summed E-state index contributed by atoms with van der Waals surface area (Å²) in [6.07, 6.45) is 0.780. The summed E-state index contributed by atoms with van der Waals surface area (Å²) in [5.74, 6) is 0. The number of hydrogen-bond acceptors (Lipinski definition) is 1. The maximum absolute atomic E-state index is 9.12. The SMILES string of the molecule is CCC(O)[Si](C)(C)Cl. The highest BCUT2D eigenvalue weighted by atomic mass is 35.6. The maximum Gasteiger partial charge on any atom is 0.179 e. The zero-order chi connectivity index (χ0) is 6.78. The van der Waals surface area contributed by atoms with Crippen LogP contribution in [0, 0.1) is 0 Å². The Morgan fingerprint density at radius 3 is 2.00 bits per heavy atom. The zero-order valence-electron chi connectivity index (χ0n) is 5.61. The highest BCUT2D eigenvalue weighted by Gasteiger charge is 2.25. The molecular weight excluding hydrogens is 140 g/mol. The van der Waals surface area contributed by atoms with Crippen LogP contribution < -0.4 is 0 Å². The van der Waals surface area contributed by atoms with E-state index in [1.54, 1.807) is 0 Å². The van der Waals surface area contributed by atoms with Crippen LogP contribution in [0.15, 0.2) is 0 Å². The lowest BCUT2D eigenvalue weighted by molar-refractivity contribution is 0.242. The summed E-state index contributed by atoms with van der Waals surface area (Å²) < 4.78 is 0. The number of halogens is 1. The topological polar surface area (TPSA) is 20.2 Å². The fourth-order valence-electron chi connectivity index (χ4n) is 0.485. The van der Waals surface area contributed by atoms with E-state index in [2.05, 4.69) is 0 Å². The molecular formula is C5H13ClOSi. The van der Waals surface area contributed by atoms with Gasteiger partial charge in [-0.05, 0) is 6.42 Å². The van der Waals surface area contributed by atoms with Crippen molar-refractivity contribution in [2.75, 3.05) is 0 Å². The van der Waals surface area contributed by atoms with E-state index in [4.69, 9.17) is 16.2 Å². The first-order chi connectivity index (χ1) is 3.48. The van der Waals surface area contributed by atoms with Crippen molar-refractivity contribution in [1.29, 1.82) is 0 Å². The second-order valence-corrected chi connectivity index (χ2v) is 9.21. The number of aliphatic hydroxyl groups excluding tert-OH is 1. The van der Waals surface area contributed by atoms with E-state index in [1.165, 1.54) is 0 Å². The zero-order valence-corrected chi connectivity index (χ0v) is 7.37. The fraction of sp³-hybridized carbons (Fsp3) is 1.00. The molecule has 0 aliphatic carbocycles. The molecule has 50 valence electrons. The minimum Gasteiger partial charge on any atom is -0.395 e. The van der Waals surface area contributed by atoms with E-state index in [0.29, 0.717) is 0 Å². The van der Waals surface area contributed by atoms with Crippen molar-refractivity contribution in [2.45, 2.75) is 32.2 Å². The van der Waals surface area contributed by atoms with Gasteiger partial charge in [-0.3, -0.25) is 0 Å². The normalized spacial score (nSPS) is 16.1. The Labute approximate surface area is 56.4 Å². The summed E-state index contributed by atoms with van der Waals surface area (Å²) in [7, 11) is -1.73. The van der Waals surface area contributed by atoms with Crippen molar-refractivity contribution in [3.05, 3.63) is 0 Å². The Balaban J connectivity index is 3.62. The lowest BCUT2D eigenvalue weighted by atomic mass is 10.5.